The van der Waals surface area contributed by atoms with Crippen LogP contribution in [0.15, 0.2) is 11.2 Å². The molecule has 0 aliphatic carbocycles. The van der Waals surface area contributed by atoms with Crippen LogP contribution in [0.3, 0.4) is 0 Å². The summed E-state index contributed by atoms with van der Waals surface area (Å²) >= 11 is 1.44. The molecule has 0 amide bonds. The summed E-state index contributed by atoms with van der Waals surface area (Å²) in [5, 5.41) is 4.66. The standard InChI is InChI=1S/C7H10F2N2S/c1-5-3-10-11(4-6(8)9)7(5)12-2/h3,6H,4H2,1-2H3. The van der Waals surface area contributed by atoms with Gasteiger partial charge in [0.25, 0.3) is 6.43 Å². The molecule has 0 saturated heterocycles. The van der Waals surface area contributed by atoms with Crippen molar-refractivity contribution in [2.24, 2.45) is 0 Å². The molecule has 0 spiro atoms. The van der Waals surface area contributed by atoms with Crippen molar-refractivity contribution in [3.05, 3.63) is 11.8 Å². The van der Waals surface area contributed by atoms with Gasteiger partial charge in [-0.3, -0.25) is 4.68 Å². The predicted octanol–water partition coefficient (Wildman–Crippen LogP) is 2.18. The molecule has 0 atom stereocenters. The summed E-state index contributed by atoms with van der Waals surface area (Å²) in [6, 6.07) is 0. The largest absolute Gasteiger partial charge is 0.257 e. The van der Waals surface area contributed by atoms with Crippen LogP contribution in [0.2, 0.25) is 0 Å². The van der Waals surface area contributed by atoms with Crippen LogP contribution < -0.4 is 0 Å². The smallest absolute Gasteiger partial charge is 0.253 e. The van der Waals surface area contributed by atoms with Crippen molar-refractivity contribution in [3.63, 3.8) is 0 Å². The van der Waals surface area contributed by atoms with Gasteiger partial charge in [0.1, 0.15) is 6.54 Å². The molecule has 0 unspecified atom stereocenters. The van der Waals surface area contributed by atoms with E-state index in [2.05, 4.69) is 5.10 Å². The summed E-state index contributed by atoms with van der Waals surface area (Å²) in [4.78, 5) is 0. The van der Waals surface area contributed by atoms with Crippen molar-refractivity contribution in [1.29, 1.82) is 0 Å². The summed E-state index contributed by atoms with van der Waals surface area (Å²) in [7, 11) is 0. The first-order valence-corrected chi connectivity index (χ1v) is 4.72. The van der Waals surface area contributed by atoms with E-state index < -0.39 is 6.43 Å². The first-order valence-electron chi connectivity index (χ1n) is 3.49. The van der Waals surface area contributed by atoms with Crippen molar-refractivity contribution in [1.82, 2.24) is 9.78 Å². The highest BCUT2D eigenvalue weighted by Crippen LogP contribution is 2.19. The minimum Gasteiger partial charge on any atom is -0.253 e. The topological polar surface area (TPSA) is 17.8 Å². The SMILES string of the molecule is CSc1c(C)cnn1CC(F)F. The quantitative estimate of drug-likeness (QED) is 0.683. The molecule has 1 rings (SSSR count). The van der Waals surface area contributed by atoms with E-state index in [-0.39, 0.29) is 6.54 Å². The number of thioether (sulfide) groups is 1. The highest BCUT2D eigenvalue weighted by molar-refractivity contribution is 7.98. The molecule has 12 heavy (non-hydrogen) atoms. The number of rotatable bonds is 3. The van der Waals surface area contributed by atoms with Crippen LogP contribution >= 0.6 is 11.8 Å². The molecular formula is C7H10F2N2S. The molecule has 1 aromatic heterocycles. The van der Waals surface area contributed by atoms with E-state index in [1.54, 1.807) is 6.20 Å². The molecule has 2 nitrogen and oxygen atoms in total. The Morgan fingerprint density at radius 1 is 1.67 bits per heavy atom. The van der Waals surface area contributed by atoms with E-state index in [1.807, 2.05) is 13.2 Å². The Hall–Kier alpha value is -0.580. The zero-order chi connectivity index (χ0) is 9.14. The molecule has 0 saturated carbocycles. The fourth-order valence-electron chi connectivity index (χ4n) is 0.995. The lowest BCUT2D eigenvalue weighted by Crippen LogP contribution is -2.08. The van der Waals surface area contributed by atoms with Gasteiger partial charge in [-0.2, -0.15) is 5.10 Å². The average Bonchev–Trinajstić information content (AvgIpc) is 2.30. The third-order valence-corrected chi connectivity index (χ3v) is 2.39. The summed E-state index contributed by atoms with van der Waals surface area (Å²) in [6.07, 6.45) is 1.12. The Kier molecular flexibility index (Phi) is 3.08. The van der Waals surface area contributed by atoms with Crippen LogP contribution in [0.1, 0.15) is 5.56 Å². The highest BCUT2D eigenvalue weighted by atomic mass is 32.2. The Labute approximate surface area is 74.0 Å². The highest BCUT2D eigenvalue weighted by Gasteiger charge is 2.10. The van der Waals surface area contributed by atoms with Gasteiger partial charge in [-0.15, -0.1) is 11.8 Å². The first-order chi connectivity index (χ1) is 5.65. The lowest BCUT2D eigenvalue weighted by Gasteiger charge is -2.04. The molecular weight excluding hydrogens is 182 g/mol. The van der Waals surface area contributed by atoms with Gasteiger partial charge < -0.3 is 0 Å². The van der Waals surface area contributed by atoms with Gasteiger partial charge in [0.15, 0.2) is 0 Å². The van der Waals surface area contributed by atoms with E-state index in [0.717, 1.165) is 10.6 Å². The second-order valence-corrected chi connectivity index (χ2v) is 3.21. The van der Waals surface area contributed by atoms with Gasteiger partial charge in [0.05, 0.1) is 11.2 Å². The summed E-state index contributed by atoms with van der Waals surface area (Å²) < 4.78 is 25.3. The van der Waals surface area contributed by atoms with Crippen molar-refractivity contribution >= 4 is 11.8 Å². The number of hydrogen-bond acceptors (Lipinski definition) is 2. The second kappa shape index (κ2) is 3.89. The fraction of sp³-hybridized carbons (Fsp3) is 0.571. The van der Waals surface area contributed by atoms with E-state index in [0.29, 0.717) is 0 Å². The van der Waals surface area contributed by atoms with Gasteiger partial charge in [-0.05, 0) is 13.2 Å². The molecule has 1 heterocycles. The third-order valence-electron chi connectivity index (χ3n) is 1.47. The molecule has 0 radical (unpaired) electrons. The number of halogens is 2. The second-order valence-electron chi connectivity index (χ2n) is 2.41. The van der Waals surface area contributed by atoms with E-state index in [1.165, 1.54) is 16.4 Å². The Morgan fingerprint density at radius 2 is 2.33 bits per heavy atom. The number of alkyl halides is 2. The van der Waals surface area contributed by atoms with Crippen molar-refractivity contribution in [3.8, 4) is 0 Å². The summed E-state index contributed by atoms with van der Waals surface area (Å²) in [5.41, 5.74) is 0.947. The van der Waals surface area contributed by atoms with Crippen LogP contribution in [-0.2, 0) is 6.54 Å². The molecule has 5 heteroatoms. The predicted molar refractivity (Wildman–Crippen MR) is 44.7 cm³/mol. The molecule has 0 bridgehead atoms. The lowest BCUT2D eigenvalue weighted by atomic mass is 10.4. The van der Waals surface area contributed by atoms with Crippen LogP contribution in [0, 0.1) is 6.92 Å². The van der Waals surface area contributed by atoms with Gasteiger partial charge in [0, 0.05) is 5.56 Å². The molecule has 0 N–H and O–H groups in total. The van der Waals surface area contributed by atoms with Crippen LogP contribution in [0.4, 0.5) is 8.78 Å². The third kappa shape index (κ3) is 1.97. The molecule has 0 fully saturated rings. The van der Waals surface area contributed by atoms with Gasteiger partial charge >= 0.3 is 0 Å². The maximum Gasteiger partial charge on any atom is 0.257 e. The van der Waals surface area contributed by atoms with Crippen LogP contribution in [-0.4, -0.2) is 22.5 Å². The zero-order valence-electron chi connectivity index (χ0n) is 6.92. The normalized spacial score (nSPS) is 11.1. The first kappa shape index (κ1) is 9.51. The van der Waals surface area contributed by atoms with E-state index in [9.17, 15) is 8.78 Å². The van der Waals surface area contributed by atoms with Crippen LogP contribution in [0.25, 0.3) is 0 Å². The maximum absolute atomic E-state index is 12.0. The number of hydrogen-bond donors (Lipinski definition) is 0. The van der Waals surface area contributed by atoms with E-state index >= 15 is 0 Å². The summed E-state index contributed by atoms with van der Waals surface area (Å²) in [6.45, 7) is 1.55. The molecule has 0 aliphatic heterocycles. The van der Waals surface area contributed by atoms with Crippen molar-refractivity contribution in [2.45, 2.75) is 24.9 Å². The number of aromatic nitrogens is 2. The van der Waals surface area contributed by atoms with Gasteiger partial charge in [-0.25, -0.2) is 8.78 Å². The number of nitrogens with zero attached hydrogens (tertiary/aromatic N) is 2. The van der Waals surface area contributed by atoms with Gasteiger partial charge in [0.2, 0.25) is 0 Å². The average molecular weight is 192 g/mol. The van der Waals surface area contributed by atoms with Gasteiger partial charge in [-0.1, -0.05) is 0 Å². The number of aryl methyl sites for hydroxylation is 1. The lowest BCUT2D eigenvalue weighted by molar-refractivity contribution is 0.118. The van der Waals surface area contributed by atoms with Crippen molar-refractivity contribution in [2.75, 3.05) is 6.26 Å². The molecule has 68 valence electrons. The molecule has 1 aromatic rings. The Morgan fingerprint density at radius 3 is 2.83 bits per heavy atom. The molecule has 0 aliphatic rings. The Balaban J connectivity index is 2.84. The fourth-order valence-corrected chi connectivity index (χ4v) is 1.70. The monoisotopic (exact) mass is 192 g/mol. The minimum absolute atomic E-state index is 0.315. The minimum atomic E-state index is -2.34. The van der Waals surface area contributed by atoms with Crippen molar-refractivity contribution < 1.29 is 8.78 Å². The van der Waals surface area contributed by atoms with Crippen LogP contribution in [0.5, 0.6) is 0 Å². The zero-order valence-corrected chi connectivity index (χ0v) is 7.74. The van der Waals surface area contributed by atoms with E-state index in [4.69, 9.17) is 0 Å². The maximum atomic E-state index is 12.0. The summed E-state index contributed by atoms with van der Waals surface area (Å²) in [5.74, 6) is 0. The molecule has 0 aromatic carbocycles. The Bertz CT molecular complexity index is 260.